The van der Waals surface area contributed by atoms with Gasteiger partial charge in [0.05, 0.1) is 12.7 Å². The number of nitrogens with two attached hydrogens (primary N) is 1. The number of ether oxygens (including phenoxy) is 1. The molecule has 0 aliphatic carbocycles. The van der Waals surface area contributed by atoms with Gasteiger partial charge in [0.1, 0.15) is 0 Å². The molecule has 16 heavy (non-hydrogen) atoms. The molecule has 0 unspecified atom stereocenters. The van der Waals surface area contributed by atoms with Gasteiger partial charge in [0.25, 0.3) is 0 Å². The SMILES string of the molecule is COC(=O)c1ccc(C(C)(C)CN)cc1.Cl. The first-order chi connectivity index (χ1) is 7.01. The highest BCUT2D eigenvalue weighted by atomic mass is 35.5. The van der Waals surface area contributed by atoms with Crippen LogP contribution in [0.5, 0.6) is 0 Å². The summed E-state index contributed by atoms with van der Waals surface area (Å²) in [6.07, 6.45) is 0. The van der Waals surface area contributed by atoms with Crippen LogP contribution >= 0.6 is 12.4 Å². The smallest absolute Gasteiger partial charge is 0.337 e. The molecule has 0 saturated carbocycles. The molecule has 0 atom stereocenters. The van der Waals surface area contributed by atoms with Crippen LogP contribution < -0.4 is 5.73 Å². The lowest BCUT2D eigenvalue weighted by Crippen LogP contribution is -2.28. The first-order valence-corrected chi connectivity index (χ1v) is 4.90. The Balaban J connectivity index is 0.00000225. The summed E-state index contributed by atoms with van der Waals surface area (Å²) in [6.45, 7) is 4.71. The van der Waals surface area contributed by atoms with Crippen LogP contribution in [-0.4, -0.2) is 19.6 Å². The maximum Gasteiger partial charge on any atom is 0.337 e. The standard InChI is InChI=1S/C12H17NO2.ClH/c1-12(2,8-13)10-6-4-9(5-7-10)11(14)15-3;/h4-7H,8,13H2,1-3H3;1H. The fourth-order valence-electron chi connectivity index (χ4n) is 1.29. The Bertz CT molecular complexity index is 347. The molecule has 90 valence electrons. The van der Waals surface area contributed by atoms with E-state index in [1.54, 1.807) is 12.1 Å². The van der Waals surface area contributed by atoms with Crippen LogP contribution in [0, 0.1) is 0 Å². The largest absolute Gasteiger partial charge is 0.465 e. The fraction of sp³-hybridized carbons (Fsp3) is 0.417. The molecular weight excluding hydrogens is 226 g/mol. The van der Waals surface area contributed by atoms with E-state index in [1.165, 1.54) is 7.11 Å². The Morgan fingerprint density at radius 2 is 1.81 bits per heavy atom. The van der Waals surface area contributed by atoms with E-state index in [4.69, 9.17) is 5.73 Å². The number of halogens is 1. The van der Waals surface area contributed by atoms with Crippen molar-refractivity contribution in [2.75, 3.05) is 13.7 Å². The Labute approximate surface area is 102 Å². The number of hydrogen-bond acceptors (Lipinski definition) is 3. The molecule has 1 aromatic rings. The number of rotatable bonds is 3. The van der Waals surface area contributed by atoms with Crippen molar-refractivity contribution in [3.63, 3.8) is 0 Å². The maximum absolute atomic E-state index is 11.2. The van der Waals surface area contributed by atoms with Crippen molar-refractivity contribution in [3.05, 3.63) is 35.4 Å². The highest BCUT2D eigenvalue weighted by Gasteiger charge is 2.18. The molecule has 0 bridgehead atoms. The molecule has 1 aromatic carbocycles. The third-order valence-electron chi connectivity index (χ3n) is 2.60. The van der Waals surface area contributed by atoms with Crippen molar-refractivity contribution in [3.8, 4) is 0 Å². The third-order valence-corrected chi connectivity index (χ3v) is 2.60. The van der Waals surface area contributed by atoms with E-state index in [0.717, 1.165) is 5.56 Å². The molecule has 4 heteroatoms. The number of carbonyl (C=O) groups excluding carboxylic acids is 1. The Morgan fingerprint density at radius 3 is 2.19 bits per heavy atom. The summed E-state index contributed by atoms with van der Waals surface area (Å²) in [5, 5.41) is 0. The number of esters is 1. The highest BCUT2D eigenvalue weighted by Crippen LogP contribution is 2.21. The van der Waals surface area contributed by atoms with Gasteiger partial charge in [-0.15, -0.1) is 12.4 Å². The van der Waals surface area contributed by atoms with Gasteiger partial charge in [-0.3, -0.25) is 0 Å². The van der Waals surface area contributed by atoms with Crippen LogP contribution in [0.15, 0.2) is 24.3 Å². The minimum atomic E-state index is -0.313. The normalized spacial score (nSPS) is 10.5. The molecule has 2 N–H and O–H groups in total. The number of methoxy groups -OCH3 is 1. The monoisotopic (exact) mass is 243 g/mol. The van der Waals surface area contributed by atoms with Crippen LogP contribution in [0.4, 0.5) is 0 Å². The van der Waals surface area contributed by atoms with E-state index in [9.17, 15) is 4.79 Å². The average Bonchev–Trinajstić information content (AvgIpc) is 2.28. The van der Waals surface area contributed by atoms with Gasteiger partial charge in [-0.1, -0.05) is 26.0 Å². The van der Waals surface area contributed by atoms with Crippen molar-refractivity contribution in [2.24, 2.45) is 5.73 Å². The summed E-state index contributed by atoms with van der Waals surface area (Å²) in [5.74, 6) is -0.313. The Hall–Kier alpha value is -1.06. The number of benzene rings is 1. The lowest BCUT2D eigenvalue weighted by atomic mass is 9.84. The highest BCUT2D eigenvalue weighted by molar-refractivity contribution is 5.89. The summed E-state index contributed by atoms with van der Waals surface area (Å²) in [7, 11) is 1.38. The van der Waals surface area contributed by atoms with Gasteiger partial charge in [0, 0.05) is 12.0 Å². The summed E-state index contributed by atoms with van der Waals surface area (Å²) in [6, 6.07) is 7.36. The van der Waals surface area contributed by atoms with Crippen molar-refractivity contribution < 1.29 is 9.53 Å². The predicted molar refractivity (Wildman–Crippen MR) is 67.1 cm³/mol. The van der Waals surface area contributed by atoms with Crippen molar-refractivity contribution in [1.82, 2.24) is 0 Å². The molecule has 0 aliphatic heterocycles. The van der Waals surface area contributed by atoms with Crippen molar-refractivity contribution in [2.45, 2.75) is 19.3 Å². The Kier molecular flexibility index (Phi) is 5.48. The van der Waals surface area contributed by atoms with Gasteiger partial charge < -0.3 is 10.5 Å². The van der Waals surface area contributed by atoms with E-state index >= 15 is 0 Å². The second kappa shape index (κ2) is 5.87. The fourth-order valence-corrected chi connectivity index (χ4v) is 1.29. The molecule has 0 fully saturated rings. The zero-order valence-electron chi connectivity index (χ0n) is 9.82. The van der Waals surface area contributed by atoms with E-state index in [-0.39, 0.29) is 23.8 Å². The van der Waals surface area contributed by atoms with Crippen molar-refractivity contribution >= 4 is 18.4 Å². The molecule has 1 rings (SSSR count). The quantitative estimate of drug-likeness (QED) is 0.828. The average molecular weight is 244 g/mol. The van der Waals surface area contributed by atoms with Gasteiger partial charge in [-0.05, 0) is 17.7 Å². The van der Waals surface area contributed by atoms with Crippen LogP contribution in [0.1, 0.15) is 29.8 Å². The van der Waals surface area contributed by atoms with Gasteiger partial charge in [-0.2, -0.15) is 0 Å². The summed E-state index contributed by atoms with van der Waals surface area (Å²) in [5.41, 5.74) is 7.30. The lowest BCUT2D eigenvalue weighted by molar-refractivity contribution is 0.0600. The minimum absolute atomic E-state index is 0. The van der Waals surface area contributed by atoms with Crippen LogP contribution in [0.25, 0.3) is 0 Å². The molecule has 0 saturated heterocycles. The lowest BCUT2D eigenvalue weighted by Gasteiger charge is -2.22. The predicted octanol–water partition coefficient (Wildman–Crippen LogP) is 2.13. The Morgan fingerprint density at radius 1 is 1.31 bits per heavy atom. The van der Waals surface area contributed by atoms with Crippen LogP contribution in [0.2, 0.25) is 0 Å². The van der Waals surface area contributed by atoms with E-state index in [0.29, 0.717) is 12.1 Å². The number of hydrogen-bond donors (Lipinski definition) is 1. The molecule has 0 radical (unpaired) electrons. The first kappa shape index (κ1) is 14.9. The molecular formula is C12H18ClNO2. The number of carbonyl (C=O) groups is 1. The van der Waals surface area contributed by atoms with Gasteiger partial charge >= 0.3 is 5.97 Å². The summed E-state index contributed by atoms with van der Waals surface area (Å²) >= 11 is 0. The second-order valence-corrected chi connectivity index (χ2v) is 4.16. The van der Waals surface area contributed by atoms with Crippen LogP contribution in [-0.2, 0) is 10.2 Å². The zero-order chi connectivity index (χ0) is 11.5. The molecule has 0 spiro atoms. The second-order valence-electron chi connectivity index (χ2n) is 4.16. The molecule has 3 nitrogen and oxygen atoms in total. The minimum Gasteiger partial charge on any atom is -0.465 e. The maximum atomic E-state index is 11.2. The van der Waals surface area contributed by atoms with E-state index < -0.39 is 0 Å². The van der Waals surface area contributed by atoms with Crippen molar-refractivity contribution in [1.29, 1.82) is 0 Å². The summed E-state index contributed by atoms with van der Waals surface area (Å²) < 4.78 is 4.62. The van der Waals surface area contributed by atoms with Gasteiger partial charge in [0.15, 0.2) is 0 Å². The molecule has 0 aromatic heterocycles. The van der Waals surface area contributed by atoms with Gasteiger partial charge in [0.2, 0.25) is 0 Å². The molecule has 0 amide bonds. The molecule has 0 heterocycles. The van der Waals surface area contributed by atoms with Crippen LogP contribution in [0.3, 0.4) is 0 Å². The topological polar surface area (TPSA) is 52.3 Å². The zero-order valence-corrected chi connectivity index (χ0v) is 10.6. The summed E-state index contributed by atoms with van der Waals surface area (Å²) in [4.78, 5) is 11.2. The van der Waals surface area contributed by atoms with E-state index in [2.05, 4.69) is 18.6 Å². The third kappa shape index (κ3) is 3.22. The van der Waals surface area contributed by atoms with E-state index in [1.807, 2.05) is 12.1 Å². The first-order valence-electron chi connectivity index (χ1n) is 4.90. The molecule has 0 aliphatic rings. The van der Waals surface area contributed by atoms with Gasteiger partial charge in [-0.25, -0.2) is 4.79 Å².